The van der Waals surface area contributed by atoms with Crippen molar-refractivity contribution in [1.82, 2.24) is 0 Å². The number of allylic oxidation sites excluding steroid dienone is 2. The summed E-state index contributed by atoms with van der Waals surface area (Å²) >= 11 is 0. The molecule has 0 spiro atoms. The van der Waals surface area contributed by atoms with E-state index < -0.39 is 0 Å². The van der Waals surface area contributed by atoms with Crippen molar-refractivity contribution in [2.75, 3.05) is 11.9 Å². The van der Waals surface area contributed by atoms with E-state index in [1.54, 1.807) is 0 Å². The van der Waals surface area contributed by atoms with Crippen molar-refractivity contribution in [3.63, 3.8) is 0 Å². The van der Waals surface area contributed by atoms with Gasteiger partial charge in [0.25, 0.3) is 0 Å². The summed E-state index contributed by atoms with van der Waals surface area (Å²) in [4.78, 5) is 0. The van der Waals surface area contributed by atoms with Gasteiger partial charge in [0, 0.05) is 17.8 Å². The van der Waals surface area contributed by atoms with E-state index in [-0.39, 0.29) is 0 Å². The van der Waals surface area contributed by atoms with Crippen LogP contribution >= 0.6 is 0 Å². The zero-order chi connectivity index (χ0) is 13.1. The van der Waals surface area contributed by atoms with Crippen LogP contribution in [-0.2, 0) is 0 Å². The van der Waals surface area contributed by atoms with Crippen molar-refractivity contribution in [2.24, 2.45) is 5.92 Å². The highest BCUT2D eigenvalue weighted by Gasteiger charge is 2.18. The predicted octanol–water partition coefficient (Wildman–Crippen LogP) is 5.06. The highest BCUT2D eigenvalue weighted by atomic mass is 14.9. The van der Waals surface area contributed by atoms with Crippen LogP contribution in [0.2, 0.25) is 0 Å². The van der Waals surface area contributed by atoms with E-state index in [2.05, 4.69) is 57.3 Å². The van der Waals surface area contributed by atoms with Crippen LogP contribution < -0.4 is 5.32 Å². The summed E-state index contributed by atoms with van der Waals surface area (Å²) in [5, 5.41) is 3.60. The highest BCUT2D eigenvalue weighted by Crippen LogP contribution is 2.37. The van der Waals surface area contributed by atoms with Gasteiger partial charge >= 0.3 is 0 Å². The molecule has 0 aliphatic carbocycles. The van der Waals surface area contributed by atoms with Crippen molar-refractivity contribution in [1.29, 1.82) is 0 Å². The van der Waals surface area contributed by atoms with Crippen molar-refractivity contribution in [3.05, 3.63) is 35.4 Å². The van der Waals surface area contributed by atoms with Crippen LogP contribution in [0.15, 0.2) is 24.3 Å². The Hall–Kier alpha value is -1.24. The first-order valence-electron chi connectivity index (χ1n) is 7.18. The average molecular weight is 243 g/mol. The minimum atomic E-state index is 0.573. The molecule has 0 atom stereocenters. The molecule has 0 fully saturated rings. The molecule has 1 N–H and O–H groups in total. The van der Waals surface area contributed by atoms with Gasteiger partial charge in [0.05, 0.1) is 0 Å². The molecule has 0 amide bonds. The summed E-state index contributed by atoms with van der Waals surface area (Å²) in [5.41, 5.74) is 5.77. The largest absolute Gasteiger partial charge is 0.385 e. The second-order valence-electron chi connectivity index (χ2n) is 5.81. The fourth-order valence-corrected chi connectivity index (χ4v) is 2.73. The van der Waals surface area contributed by atoms with Gasteiger partial charge in [0.15, 0.2) is 0 Å². The number of hydrogen-bond donors (Lipinski definition) is 1. The minimum Gasteiger partial charge on any atom is -0.385 e. The summed E-state index contributed by atoms with van der Waals surface area (Å²) in [7, 11) is 0. The van der Waals surface area contributed by atoms with Gasteiger partial charge in [-0.1, -0.05) is 45.9 Å². The average Bonchev–Trinajstić information content (AvgIpc) is 2.28. The van der Waals surface area contributed by atoms with E-state index in [0.29, 0.717) is 11.8 Å². The van der Waals surface area contributed by atoms with Gasteiger partial charge in [0.2, 0.25) is 0 Å². The normalized spacial score (nSPS) is 18.7. The van der Waals surface area contributed by atoms with Gasteiger partial charge in [-0.2, -0.15) is 0 Å². The second kappa shape index (κ2) is 5.60. The number of hydrogen-bond acceptors (Lipinski definition) is 1. The predicted molar refractivity (Wildman–Crippen MR) is 81.1 cm³/mol. The molecule has 1 aliphatic rings. The Morgan fingerprint density at radius 3 is 2.50 bits per heavy atom. The van der Waals surface area contributed by atoms with Crippen LogP contribution in [0, 0.1) is 5.92 Å². The molecule has 1 heteroatoms. The lowest BCUT2D eigenvalue weighted by Gasteiger charge is -2.24. The molecule has 0 unspecified atom stereocenters. The minimum absolute atomic E-state index is 0.573. The Labute approximate surface area is 111 Å². The Bertz CT molecular complexity index is 441. The fourth-order valence-electron chi connectivity index (χ4n) is 2.73. The number of anilines is 1. The molecular formula is C17H25N. The molecule has 0 bridgehead atoms. The van der Waals surface area contributed by atoms with Gasteiger partial charge in [-0.15, -0.1) is 0 Å². The van der Waals surface area contributed by atoms with Crippen LogP contribution in [0.25, 0.3) is 5.57 Å². The molecular weight excluding hydrogens is 218 g/mol. The summed E-state index contributed by atoms with van der Waals surface area (Å²) < 4.78 is 0. The van der Waals surface area contributed by atoms with E-state index in [9.17, 15) is 0 Å². The number of nitrogens with one attached hydrogen (secondary N) is 1. The summed E-state index contributed by atoms with van der Waals surface area (Å²) in [6.45, 7) is 10.2. The Balaban J connectivity index is 2.60. The molecule has 0 saturated carbocycles. The van der Waals surface area contributed by atoms with E-state index in [1.807, 2.05) is 0 Å². The van der Waals surface area contributed by atoms with Gasteiger partial charge in [-0.05, 0) is 41.9 Å². The maximum atomic E-state index is 3.60. The molecule has 1 aliphatic heterocycles. The Morgan fingerprint density at radius 2 is 1.83 bits per heavy atom. The Kier molecular flexibility index (Phi) is 4.11. The van der Waals surface area contributed by atoms with Gasteiger partial charge < -0.3 is 5.32 Å². The Morgan fingerprint density at radius 1 is 1.06 bits per heavy atom. The van der Waals surface area contributed by atoms with Crippen LogP contribution in [0.1, 0.15) is 57.6 Å². The van der Waals surface area contributed by atoms with E-state index >= 15 is 0 Å². The fraction of sp³-hybridized carbons (Fsp3) is 0.529. The number of rotatable bonds is 2. The van der Waals surface area contributed by atoms with Crippen molar-refractivity contribution < 1.29 is 0 Å². The monoisotopic (exact) mass is 243 g/mol. The zero-order valence-electron chi connectivity index (χ0n) is 12.1. The quantitative estimate of drug-likeness (QED) is 0.766. The molecule has 2 rings (SSSR count). The lowest BCUT2D eigenvalue weighted by Crippen LogP contribution is -2.11. The van der Waals surface area contributed by atoms with Crippen LogP contribution in [-0.4, -0.2) is 6.54 Å². The van der Waals surface area contributed by atoms with Crippen LogP contribution in [0.4, 0.5) is 5.69 Å². The molecule has 1 nitrogen and oxygen atoms in total. The van der Waals surface area contributed by atoms with Crippen LogP contribution in [0.5, 0.6) is 0 Å². The first-order chi connectivity index (χ1) is 8.61. The van der Waals surface area contributed by atoms with Crippen LogP contribution in [0.3, 0.4) is 0 Å². The summed E-state index contributed by atoms with van der Waals surface area (Å²) in [6, 6.07) is 6.69. The molecule has 1 heterocycles. The van der Waals surface area contributed by atoms with E-state index in [4.69, 9.17) is 0 Å². The van der Waals surface area contributed by atoms with E-state index in [0.717, 1.165) is 6.54 Å². The lowest BCUT2D eigenvalue weighted by molar-refractivity contribution is 0.809. The SMILES string of the molecule is CC(C)/C1=C/CCCNc2cccc(C(C)C)c21. The summed E-state index contributed by atoms with van der Waals surface area (Å²) in [5.74, 6) is 1.16. The first kappa shape index (κ1) is 13.2. The topological polar surface area (TPSA) is 12.0 Å². The highest BCUT2D eigenvalue weighted by molar-refractivity contribution is 5.80. The number of benzene rings is 1. The molecule has 0 aromatic heterocycles. The lowest BCUT2D eigenvalue weighted by atomic mass is 9.85. The van der Waals surface area contributed by atoms with Gasteiger partial charge in [0.1, 0.15) is 0 Å². The third-order valence-electron chi connectivity index (χ3n) is 3.69. The van der Waals surface area contributed by atoms with Gasteiger partial charge in [-0.25, -0.2) is 0 Å². The third-order valence-corrected chi connectivity index (χ3v) is 3.69. The maximum absolute atomic E-state index is 3.60. The van der Waals surface area contributed by atoms with Crippen molar-refractivity contribution >= 4 is 11.3 Å². The molecule has 18 heavy (non-hydrogen) atoms. The molecule has 0 radical (unpaired) electrons. The maximum Gasteiger partial charge on any atom is 0.0419 e. The van der Waals surface area contributed by atoms with Gasteiger partial charge in [-0.3, -0.25) is 0 Å². The molecule has 1 aromatic carbocycles. The van der Waals surface area contributed by atoms with Crippen molar-refractivity contribution in [2.45, 2.75) is 46.5 Å². The second-order valence-corrected chi connectivity index (χ2v) is 5.81. The zero-order valence-corrected chi connectivity index (χ0v) is 12.1. The smallest absolute Gasteiger partial charge is 0.0419 e. The number of fused-ring (bicyclic) bond motifs is 1. The van der Waals surface area contributed by atoms with E-state index in [1.165, 1.54) is 35.2 Å². The first-order valence-corrected chi connectivity index (χ1v) is 7.18. The molecule has 1 aromatic rings. The summed E-state index contributed by atoms with van der Waals surface area (Å²) in [6.07, 6.45) is 4.87. The standard InChI is InChI=1S/C17H25N/c1-12(2)14-8-5-6-11-18-16-10-7-9-15(13(3)4)17(14)16/h7-10,12-13,18H,5-6,11H2,1-4H3/b14-8-. The van der Waals surface area contributed by atoms with Crippen molar-refractivity contribution in [3.8, 4) is 0 Å². The molecule has 98 valence electrons. The third kappa shape index (κ3) is 2.60. The molecule has 0 saturated heterocycles.